The van der Waals surface area contributed by atoms with Crippen molar-refractivity contribution in [3.05, 3.63) is 54.1 Å². The van der Waals surface area contributed by atoms with Gasteiger partial charge in [-0.25, -0.2) is 0 Å². The second kappa shape index (κ2) is 11.2. The van der Waals surface area contributed by atoms with Crippen molar-refractivity contribution in [1.29, 1.82) is 0 Å². The lowest BCUT2D eigenvalue weighted by Gasteiger charge is -2.03. The van der Waals surface area contributed by atoms with Gasteiger partial charge in [0.25, 0.3) is 0 Å². The first-order valence-corrected chi connectivity index (χ1v) is 9.32. The highest BCUT2D eigenvalue weighted by Gasteiger charge is 2.11. The van der Waals surface area contributed by atoms with Crippen LogP contribution in [0.1, 0.15) is 45.1 Å². The number of allylic oxidation sites excluding steroid dienone is 4. The summed E-state index contributed by atoms with van der Waals surface area (Å²) in [7, 11) is 0. The molecule has 0 radical (unpaired) electrons. The number of rotatable bonds is 10. The monoisotopic (exact) mass is 355 g/mol. The first-order valence-electron chi connectivity index (χ1n) is 9.32. The van der Waals surface area contributed by atoms with Crippen molar-refractivity contribution in [3.8, 4) is 11.5 Å². The van der Waals surface area contributed by atoms with E-state index in [4.69, 9.17) is 9.47 Å². The van der Waals surface area contributed by atoms with Gasteiger partial charge in [-0.15, -0.1) is 0 Å². The van der Waals surface area contributed by atoms with Crippen LogP contribution in [0.5, 0.6) is 11.5 Å². The molecule has 140 valence electrons. The fraction of sp³-hybridized carbons (Fsp3) is 0.409. The minimum Gasteiger partial charge on any atom is -0.454 e. The Balaban J connectivity index is 1.54. The smallest absolute Gasteiger partial charge is 0.243 e. The Labute approximate surface area is 156 Å². The van der Waals surface area contributed by atoms with Crippen molar-refractivity contribution in [1.82, 2.24) is 5.32 Å². The quantitative estimate of drug-likeness (QED) is 0.370. The van der Waals surface area contributed by atoms with Gasteiger partial charge in [-0.2, -0.15) is 0 Å². The molecule has 0 spiro atoms. The Kier molecular flexibility index (Phi) is 8.53. The highest BCUT2D eigenvalue weighted by Crippen LogP contribution is 2.32. The van der Waals surface area contributed by atoms with Crippen molar-refractivity contribution in [2.24, 2.45) is 5.92 Å². The molecule has 1 aliphatic rings. The molecular formula is C22H29NO3. The molecule has 0 saturated heterocycles. The first-order chi connectivity index (χ1) is 12.6. The Morgan fingerprint density at radius 3 is 2.69 bits per heavy atom. The van der Waals surface area contributed by atoms with Crippen LogP contribution in [-0.2, 0) is 4.79 Å². The van der Waals surface area contributed by atoms with Gasteiger partial charge in [0.05, 0.1) is 0 Å². The largest absolute Gasteiger partial charge is 0.454 e. The summed E-state index contributed by atoms with van der Waals surface area (Å²) in [6.45, 7) is 5.18. The summed E-state index contributed by atoms with van der Waals surface area (Å²) in [5.41, 5.74) is 1.13. The SMILES string of the molecule is CC(C)CNC(=O)/C=C/C=C/CCCC/C=C/c1ccc2c(c1)OCO2. The van der Waals surface area contributed by atoms with Gasteiger partial charge in [0.2, 0.25) is 12.7 Å². The van der Waals surface area contributed by atoms with Crippen LogP contribution in [0.25, 0.3) is 6.08 Å². The van der Waals surface area contributed by atoms with E-state index < -0.39 is 0 Å². The van der Waals surface area contributed by atoms with Gasteiger partial charge in [-0.1, -0.05) is 50.3 Å². The van der Waals surface area contributed by atoms with Gasteiger partial charge in [-0.05, 0) is 49.3 Å². The number of hydrogen-bond acceptors (Lipinski definition) is 3. The van der Waals surface area contributed by atoms with Crippen LogP contribution in [0.3, 0.4) is 0 Å². The molecule has 4 heteroatoms. The van der Waals surface area contributed by atoms with E-state index in [9.17, 15) is 4.79 Å². The Morgan fingerprint density at radius 2 is 1.88 bits per heavy atom. The second-order valence-corrected chi connectivity index (χ2v) is 6.73. The molecule has 0 atom stereocenters. The number of carbonyl (C=O) groups excluding carboxylic acids is 1. The average Bonchev–Trinajstić information content (AvgIpc) is 3.09. The molecule has 1 aromatic carbocycles. The number of ether oxygens (including phenoxy) is 2. The Bertz CT molecular complexity index is 659. The number of benzene rings is 1. The van der Waals surface area contributed by atoms with E-state index in [1.54, 1.807) is 12.2 Å². The average molecular weight is 355 g/mol. The minimum absolute atomic E-state index is 0.0306. The zero-order valence-electron chi connectivity index (χ0n) is 15.7. The maximum atomic E-state index is 11.5. The summed E-state index contributed by atoms with van der Waals surface area (Å²) < 4.78 is 10.7. The second-order valence-electron chi connectivity index (χ2n) is 6.73. The number of unbranched alkanes of at least 4 members (excludes halogenated alkanes) is 3. The summed E-state index contributed by atoms with van der Waals surface area (Å²) in [6, 6.07) is 5.99. The highest BCUT2D eigenvalue weighted by molar-refractivity contribution is 5.87. The first kappa shape index (κ1) is 19.8. The van der Waals surface area contributed by atoms with Crippen molar-refractivity contribution < 1.29 is 14.3 Å². The zero-order valence-corrected chi connectivity index (χ0v) is 15.7. The molecular weight excluding hydrogens is 326 g/mol. The lowest BCUT2D eigenvalue weighted by atomic mass is 10.1. The Morgan fingerprint density at radius 1 is 1.12 bits per heavy atom. The van der Waals surface area contributed by atoms with Crippen molar-refractivity contribution >= 4 is 12.0 Å². The van der Waals surface area contributed by atoms with Crippen LogP contribution in [0.4, 0.5) is 0 Å². The van der Waals surface area contributed by atoms with Crippen LogP contribution >= 0.6 is 0 Å². The standard InChI is InChI=1S/C22H29NO3/c1-18(2)16-23-22(24)12-10-8-6-4-3-5-7-9-11-19-13-14-20-21(15-19)26-17-25-20/h6,8-15,18H,3-5,7,16-17H2,1-2H3,(H,23,24)/b8-6+,11-9+,12-10+. The molecule has 1 aliphatic heterocycles. The van der Waals surface area contributed by atoms with Crippen LogP contribution < -0.4 is 14.8 Å². The maximum absolute atomic E-state index is 11.5. The Hall–Kier alpha value is -2.49. The highest BCUT2D eigenvalue weighted by atomic mass is 16.7. The number of carbonyl (C=O) groups is 1. The van der Waals surface area contributed by atoms with Gasteiger partial charge in [0, 0.05) is 12.6 Å². The number of amides is 1. The molecule has 1 heterocycles. The predicted molar refractivity (Wildman–Crippen MR) is 106 cm³/mol. The molecule has 0 aromatic heterocycles. The maximum Gasteiger partial charge on any atom is 0.243 e. The lowest BCUT2D eigenvalue weighted by molar-refractivity contribution is -0.116. The molecule has 0 bridgehead atoms. The molecule has 2 rings (SSSR count). The van der Waals surface area contributed by atoms with Crippen LogP contribution in [0.15, 0.2) is 48.6 Å². The fourth-order valence-corrected chi connectivity index (χ4v) is 2.44. The predicted octanol–water partition coefficient (Wildman–Crippen LogP) is 4.87. The molecule has 4 nitrogen and oxygen atoms in total. The summed E-state index contributed by atoms with van der Waals surface area (Å²) in [6.07, 6.45) is 16.1. The van der Waals surface area contributed by atoms with Gasteiger partial charge in [0.1, 0.15) is 0 Å². The van der Waals surface area contributed by atoms with Crippen LogP contribution in [-0.4, -0.2) is 19.2 Å². The van der Waals surface area contributed by atoms with Gasteiger partial charge in [-0.3, -0.25) is 4.79 Å². The fourth-order valence-electron chi connectivity index (χ4n) is 2.44. The van der Waals surface area contributed by atoms with Crippen LogP contribution in [0, 0.1) is 5.92 Å². The number of nitrogens with one attached hydrogen (secondary N) is 1. The van der Waals surface area contributed by atoms with E-state index in [2.05, 4.69) is 37.4 Å². The normalized spacial score (nSPS) is 13.5. The number of fused-ring (bicyclic) bond motifs is 1. The molecule has 26 heavy (non-hydrogen) atoms. The molecule has 1 aromatic rings. The van der Waals surface area contributed by atoms with Gasteiger partial charge in [0.15, 0.2) is 11.5 Å². The van der Waals surface area contributed by atoms with Crippen molar-refractivity contribution in [3.63, 3.8) is 0 Å². The molecule has 0 aliphatic carbocycles. The van der Waals surface area contributed by atoms with E-state index in [1.165, 1.54) is 0 Å². The van der Waals surface area contributed by atoms with Crippen molar-refractivity contribution in [2.75, 3.05) is 13.3 Å². The molecule has 0 saturated carbocycles. The molecule has 1 amide bonds. The van der Waals surface area contributed by atoms with Gasteiger partial charge >= 0.3 is 0 Å². The molecule has 0 fully saturated rings. The van der Waals surface area contributed by atoms with Crippen molar-refractivity contribution in [2.45, 2.75) is 39.5 Å². The third kappa shape index (κ3) is 7.60. The summed E-state index contributed by atoms with van der Waals surface area (Å²) >= 11 is 0. The third-order valence-electron chi connectivity index (χ3n) is 3.88. The zero-order chi connectivity index (χ0) is 18.6. The van der Waals surface area contributed by atoms with Gasteiger partial charge < -0.3 is 14.8 Å². The summed E-state index contributed by atoms with van der Waals surface area (Å²) in [4.78, 5) is 11.5. The lowest BCUT2D eigenvalue weighted by Crippen LogP contribution is -2.25. The third-order valence-corrected chi connectivity index (χ3v) is 3.88. The van der Waals surface area contributed by atoms with E-state index in [-0.39, 0.29) is 5.91 Å². The van der Waals surface area contributed by atoms with Crippen LogP contribution in [0.2, 0.25) is 0 Å². The van der Waals surface area contributed by atoms with E-state index >= 15 is 0 Å². The van der Waals surface area contributed by atoms with E-state index in [1.807, 2.05) is 24.3 Å². The molecule has 0 unspecified atom stereocenters. The number of hydrogen-bond donors (Lipinski definition) is 1. The molecule has 1 N–H and O–H groups in total. The minimum atomic E-state index is -0.0306. The van der Waals surface area contributed by atoms with E-state index in [0.717, 1.165) is 42.7 Å². The summed E-state index contributed by atoms with van der Waals surface area (Å²) in [5.74, 6) is 2.09. The topological polar surface area (TPSA) is 47.6 Å². The summed E-state index contributed by atoms with van der Waals surface area (Å²) in [5, 5.41) is 2.85. The van der Waals surface area contributed by atoms with E-state index in [0.29, 0.717) is 19.3 Å².